The van der Waals surface area contributed by atoms with Gasteiger partial charge >= 0.3 is 0 Å². The fraction of sp³-hybridized carbons (Fsp3) is 0.429. The van der Waals surface area contributed by atoms with Crippen LogP contribution in [-0.4, -0.2) is 14.1 Å². The van der Waals surface area contributed by atoms with Crippen molar-refractivity contribution in [1.29, 1.82) is 0 Å². The number of nitrogens with one attached hydrogen (secondary N) is 1. The normalized spacial score (nSPS) is 11.5. The Morgan fingerprint density at radius 2 is 1.94 bits per heavy atom. The van der Waals surface area contributed by atoms with Gasteiger partial charge in [0.25, 0.3) is 0 Å². The van der Waals surface area contributed by atoms with Crippen LogP contribution in [0.2, 0.25) is 0 Å². The van der Waals surface area contributed by atoms with Crippen LogP contribution in [0, 0.1) is 11.8 Å². The molecule has 1 aromatic rings. The van der Waals surface area contributed by atoms with Crippen molar-refractivity contribution >= 4 is 5.69 Å². The highest BCUT2D eigenvalue weighted by Gasteiger charge is 2.08. The molecule has 1 atom stereocenters. The van der Waals surface area contributed by atoms with Gasteiger partial charge in [0, 0.05) is 32.2 Å². The first-order valence-electron chi connectivity index (χ1n) is 5.82. The predicted octanol–water partition coefficient (Wildman–Crippen LogP) is 2.06. The van der Waals surface area contributed by atoms with Gasteiger partial charge in [0.2, 0.25) is 0 Å². The Kier molecular flexibility index (Phi) is 5.55. The topological polar surface area (TPSA) is 41.3 Å². The van der Waals surface area contributed by atoms with E-state index in [2.05, 4.69) is 46.4 Å². The molecule has 0 amide bonds. The van der Waals surface area contributed by atoms with E-state index in [1.54, 1.807) is 0 Å². The van der Waals surface area contributed by atoms with E-state index >= 15 is 0 Å². The molecule has 0 bridgehead atoms. The second-order valence-corrected chi connectivity index (χ2v) is 4.17. The summed E-state index contributed by atoms with van der Waals surface area (Å²) in [6, 6.07) is 8.60. The largest absolute Gasteiger partial charge is 0.378 e. The summed E-state index contributed by atoms with van der Waals surface area (Å²) in [5.41, 5.74) is 5.24. The van der Waals surface area contributed by atoms with Gasteiger partial charge in [0.05, 0.1) is 0 Å². The average molecular weight is 231 g/mol. The van der Waals surface area contributed by atoms with Crippen molar-refractivity contribution in [1.82, 2.24) is 5.43 Å². The van der Waals surface area contributed by atoms with Crippen LogP contribution < -0.4 is 16.2 Å². The molecular formula is C14H21N3. The number of nitrogens with two attached hydrogens (primary N) is 1. The Balaban J connectivity index is 2.70. The highest BCUT2D eigenvalue weighted by Crippen LogP contribution is 2.20. The molecule has 1 unspecified atom stereocenters. The van der Waals surface area contributed by atoms with Crippen LogP contribution in [0.5, 0.6) is 0 Å². The molecule has 0 saturated carbocycles. The molecule has 3 heteroatoms. The summed E-state index contributed by atoms with van der Waals surface area (Å²) in [6.45, 7) is 1.86. The number of anilines is 1. The van der Waals surface area contributed by atoms with Crippen molar-refractivity contribution < 1.29 is 0 Å². The van der Waals surface area contributed by atoms with Gasteiger partial charge in [-0.2, -0.15) is 0 Å². The fourth-order valence-corrected chi connectivity index (χ4v) is 1.69. The molecule has 0 saturated heterocycles. The van der Waals surface area contributed by atoms with E-state index in [9.17, 15) is 0 Å². The number of nitrogens with zero attached hydrogens (tertiary/aromatic N) is 1. The monoisotopic (exact) mass is 231 g/mol. The van der Waals surface area contributed by atoms with Gasteiger partial charge in [-0.3, -0.25) is 11.3 Å². The third kappa shape index (κ3) is 4.10. The molecule has 1 aromatic carbocycles. The summed E-state index contributed by atoms with van der Waals surface area (Å²) in [6.07, 6.45) is 1.79. The highest BCUT2D eigenvalue weighted by molar-refractivity contribution is 5.46. The average Bonchev–Trinajstić information content (AvgIpc) is 2.35. The van der Waals surface area contributed by atoms with E-state index in [4.69, 9.17) is 5.84 Å². The minimum Gasteiger partial charge on any atom is -0.378 e. The lowest BCUT2D eigenvalue weighted by atomic mass is 10.0. The summed E-state index contributed by atoms with van der Waals surface area (Å²) in [5, 5.41) is 0. The Labute approximate surface area is 104 Å². The van der Waals surface area contributed by atoms with Crippen molar-refractivity contribution in [2.24, 2.45) is 5.84 Å². The lowest BCUT2D eigenvalue weighted by Crippen LogP contribution is -2.27. The molecule has 0 aliphatic heterocycles. The van der Waals surface area contributed by atoms with Gasteiger partial charge in [-0.15, -0.1) is 11.8 Å². The zero-order valence-electron chi connectivity index (χ0n) is 10.8. The standard InChI is InChI=1S/C14H21N3/c1-4-5-6-7-14(16-15)12-8-10-13(11-9-12)17(2)3/h8-11,14,16H,6-7,15H2,1-3H3. The van der Waals surface area contributed by atoms with Crippen molar-refractivity contribution in [3.8, 4) is 11.8 Å². The maximum absolute atomic E-state index is 5.58. The van der Waals surface area contributed by atoms with Gasteiger partial charge in [-0.05, 0) is 31.0 Å². The molecule has 17 heavy (non-hydrogen) atoms. The molecule has 1 rings (SSSR count). The van der Waals surface area contributed by atoms with Gasteiger partial charge in [0.1, 0.15) is 0 Å². The first-order chi connectivity index (χ1) is 8.19. The predicted molar refractivity (Wildman–Crippen MR) is 73.5 cm³/mol. The third-order valence-electron chi connectivity index (χ3n) is 2.75. The van der Waals surface area contributed by atoms with Crippen LogP contribution in [0.1, 0.15) is 31.4 Å². The summed E-state index contributed by atoms with van der Waals surface area (Å²) in [5.74, 6) is 11.5. The van der Waals surface area contributed by atoms with Gasteiger partial charge in [-0.25, -0.2) is 0 Å². The zero-order chi connectivity index (χ0) is 12.7. The smallest absolute Gasteiger partial charge is 0.0469 e. The van der Waals surface area contributed by atoms with E-state index < -0.39 is 0 Å². The minimum atomic E-state index is 0.173. The summed E-state index contributed by atoms with van der Waals surface area (Å²) >= 11 is 0. The fourth-order valence-electron chi connectivity index (χ4n) is 1.69. The lowest BCUT2D eigenvalue weighted by molar-refractivity contribution is 0.524. The van der Waals surface area contributed by atoms with Crippen LogP contribution in [0.25, 0.3) is 0 Å². The molecule has 3 nitrogen and oxygen atoms in total. The summed E-state index contributed by atoms with van der Waals surface area (Å²) in [7, 11) is 4.06. The number of hydrazine groups is 1. The van der Waals surface area contributed by atoms with Crippen molar-refractivity contribution in [3.63, 3.8) is 0 Å². The van der Waals surface area contributed by atoms with E-state index in [-0.39, 0.29) is 6.04 Å². The second kappa shape index (κ2) is 6.95. The van der Waals surface area contributed by atoms with E-state index in [1.807, 2.05) is 21.0 Å². The van der Waals surface area contributed by atoms with Crippen LogP contribution in [0.4, 0.5) is 5.69 Å². The Bertz CT molecular complexity index is 384. The molecule has 0 spiro atoms. The van der Waals surface area contributed by atoms with Crippen LogP contribution >= 0.6 is 0 Å². The number of hydrogen-bond acceptors (Lipinski definition) is 3. The molecule has 92 valence electrons. The van der Waals surface area contributed by atoms with Crippen molar-refractivity contribution in [2.45, 2.75) is 25.8 Å². The Morgan fingerprint density at radius 3 is 2.41 bits per heavy atom. The quantitative estimate of drug-likeness (QED) is 0.463. The van der Waals surface area contributed by atoms with E-state index in [1.165, 1.54) is 11.3 Å². The van der Waals surface area contributed by atoms with Gasteiger partial charge in [-0.1, -0.05) is 12.1 Å². The molecule has 0 radical (unpaired) electrons. The zero-order valence-corrected chi connectivity index (χ0v) is 10.8. The molecular weight excluding hydrogens is 210 g/mol. The lowest BCUT2D eigenvalue weighted by Gasteiger charge is -2.17. The second-order valence-electron chi connectivity index (χ2n) is 4.17. The third-order valence-corrected chi connectivity index (χ3v) is 2.75. The Hall–Kier alpha value is -1.50. The summed E-state index contributed by atoms with van der Waals surface area (Å²) in [4.78, 5) is 2.08. The number of hydrogen-bond donors (Lipinski definition) is 2. The number of benzene rings is 1. The maximum Gasteiger partial charge on any atom is 0.0469 e. The number of rotatable bonds is 5. The van der Waals surface area contributed by atoms with Gasteiger partial charge in [0.15, 0.2) is 0 Å². The molecule has 3 N–H and O–H groups in total. The van der Waals surface area contributed by atoms with Crippen molar-refractivity contribution in [2.75, 3.05) is 19.0 Å². The van der Waals surface area contributed by atoms with Crippen LogP contribution in [0.15, 0.2) is 24.3 Å². The summed E-state index contributed by atoms with van der Waals surface area (Å²) < 4.78 is 0. The minimum absolute atomic E-state index is 0.173. The first-order valence-corrected chi connectivity index (χ1v) is 5.82. The highest BCUT2D eigenvalue weighted by atomic mass is 15.2. The van der Waals surface area contributed by atoms with E-state index in [0.29, 0.717) is 0 Å². The molecule has 0 fully saturated rings. The maximum atomic E-state index is 5.58. The van der Waals surface area contributed by atoms with Crippen LogP contribution in [0.3, 0.4) is 0 Å². The molecule has 0 aromatic heterocycles. The first kappa shape index (κ1) is 13.6. The molecule has 0 aliphatic rings. The molecule has 0 aliphatic carbocycles. The van der Waals surface area contributed by atoms with Gasteiger partial charge < -0.3 is 4.90 Å². The Morgan fingerprint density at radius 1 is 1.29 bits per heavy atom. The van der Waals surface area contributed by atoms with E-state index in [0.717, 1.165) is 12.8 Å². The van der Waals surface area contributed by atoms with Crippen LogP contribution in [-0.2, 0) is 0 Å². The SMILES string of the molecule is CC#CCCC(NN)c1ccc(N(C)C)cc1. The van der Waals surface area contributed by atoms with Crippen molar-refractivity contribution in [3.05, 3.63) is 29.8 Å². The molecule has 0 heterocycles.